The summed E-state index contributed by atoms with van der Waals surface area (Å²) in [5.74, 6) is 2.41. The first-order valence-corrected chi connectivity index (χ1v) is 8.91. The summed E-state index contributed by atoms with van der Waals surface area (Å²) in [6.07, 6.45) is 0. The Morgan fingerprint density at radius 2 is 2.09 bits per heavy atom. The van der Waals surface area contributed by atoms with Gasteiger partial charge >= 0.3 is 5.97 Å². The van der Waals surface area contributed by atoms with Gasteiger partial charge in [-0.25, -0.2) is 4.79 Å². The molecule has 0 saturated heterocycles. The van der Waals surface area contributed by atoms with E-state index in [0.29, 0.717) is 23.0 Å². The lowest BCUT2D eigenvalue weighted by Gasteiger charge is -2.02. The molecule has 0 amide bonds. The second kappa shape index (κ2) is 7.43. The van der Waals surface area contributed by atoms with Crippen molar-refractivity contribution in [2.75, 3.05) is 7.11 Å². The molecular formula is C16H14N2O3S2. The first kappa shape index (κ1) is 15.8. The maximum Gasteiger partial charge on any atom is 0.337 e. The quantitative estimate of drug-likeness (QED) is 0.628. The maximum atomic E-state index is 11.4. The van der Waals surface area contributed by atoms with E-state index in [-0.39, 0.29) is 5.97 Å². The number of nitrogens with zero attached hydrogens (tertiary/aromatic N) is 2. The molecule has 0 saturated carbocycles. The first-order chi connectivity index (χ1) is 11.3. The highest BCUT2D eigenvalue weighted by Gasteiger charge is 2.10. The van der Waals surface area contributed by atoms with Gasteiger partial charge in [-0.2, -0.15) is 4.98 Å². The van der Waals surface area contributed by atoms with E-state index in [9.17, 15) is 4.79 Å². The fourth-order valence-corrected chi connectivity index (χ4v) is 3.40. The van der Waals surface area contributed by atoms with Gasteiger partial charge in [0.15, 0.2) is 5.82 Å². The minimum absolute atomic E-state index is 0.322. The fraction of sp³-hybridized carbons (Fsp3) is 0.188. The van der Waals surface area contributed by atoms with Crippen molar-refractivity contribution in [2.45, 2.75) is 11.5 Å². The Hall–Kier alpha value is -2.12. The van der Waals surface area contributed by atoms with Crippen LogP contribution in [0.3, 0.4) is 0 Å². The molecule has 1 aromatic carbocycles. The lowest BCUT2D eigenvalue weighted by molar-refractivity contribution is 0.0600. The fourth-order valence-electron chi connectivity index (χ4n) is 1.93. The molecule has 0 N–H and O–H groups in total. The molecule has 0 aliphatic heterocycles. The number of benzene rings is 1. The molecule has 0 bridgehead atoms. The highest BCUT2D eigenvalue weighted by molar-refractivity contribution is 7.97. The van der Waals surface area contributed by atoms with Gasteiger partial charge in [0.05, 0.1) is 23.3 Å². The topological polar surface area (TPSA) is 65.2 Å². The Balaban J connectivity index is 1.52. The maximum absolute atomic E-state index is 11.4. The summed E-state index contributed by atoms with van der Waals surface area (Å²) in [7, 11) is 1.38. The molecule has 118 valence electrons. The minimum atomic E-state index is -0.322. The van der Waals surface area contributed by atoms with Crippen molar-refractivity contribution in [3.63, 3.8) is 0 Å². The number of hydrogen-bond donors (Lipinski definition) is 0. The summed E-state index contributed by atoms with van der Waals surface area (Å²) in [6, 6.07) is 11.3. The second-order valence-electron chi connectivity index (χ2n) is 4.67. The molecule has 0 unspecified atom stereocenters. The molecule has 0 atom stereocenters. The van der Waals surface area contributed by atoms with Gasteiger partial charge in [0.2, 0.25) is 0 Å². The lowest BCUT2D eigenvalue weighted by atomic mass is 10.1. The summed E-state index contributed by atoms with van der Waals surface area (Å²) in [4.78, 5) is 16.7. The van der Waals surface area contributed by atoms with Crippen LogP contribution in [0.5, 0.6) is 0 Å². The van der Waals surface area contributed by atoms with Crippen LogP contribution < -0.4 is 0 Å². The zero-order valence-corrected chi connectivity index (χ0v) is 14.0. The van der Waals surface area contributed by atoms with Crippen LogP contribution in [0.25, 0.3) is 10.8 Å². The van der Waals surface area contributed by atoms with Crippen LogP contribution in [0.4, 0.5) is 0 Å². The molecule has 7 heteroatoms. The van der Waals surface area contributed by atoms with E-state index in [1.807, 2.05) is 29.6 Å². The lowest BCUT2D eigenvalue weighted by Crippen LogP contribution is -2.00. The van der Waals surface area contributed by atoms with Gasteiger partial charge < -0.3 is 9.26 Å². The van der Waals surface area contributed by atoms with E-state index in [1.165, 1.54) is 7.11 Å². The van der Waals surface area contributed by atoms with E-state index in [1.54, 1.807) is 35.2 Å². The average molecular weight is 346 g/mol. The highest BCUT2D eigenvalue weighted by atomic mass is 32.2. The van der Waals surface area contributed by atoms with Gasteiger partial charge in [-0.1, -0.05) is 23.4 Å². The third-order valence-corrected chi connectivity index (χ3v) is 4.93. The summed E-state index contributed by atoms with van der Waals surface area (Å²) in [5, 5.41) is 5.97. The van der Waals surface area contributed by atoms with Crippen LogP contribution >= 0.6 is 23.1 Å². The van der Waals surface area contributed by atoms with Crippen molar-refractivity contribution in [3.05, 3.63) is 58.7 Å². The molecule has 3 rings (SSSR count). The van der Waals surface area contributed by atoms with Crippen molar-refractivity contribution in [1.29, 1.82) is 0 Å². The van der Waals surface area contributed by atoms with E-state index < -0.39 is 0 Å². The molecule has 23 heavy (non-hydrogen) atoms. The van der Waals surface area contributed by atoms with Gasteiger partial charge in [0.25, 0.3) is 5.89 Å². The Kier molecular flexibility index (Phi) is 5.09. The summed E-state index contributed by atoms with van der Waals surface area (Å²) < 4.78 is 9.93. The number of aromatic nitrogens is 2. The third kappa shape index (κ3) is 4.00. The summed E-state index contributed by atoms with van der Waals surface area (Å²) >= 11 is 3.27. The molecule has 2 heterocycles. The Morgan fingerprint density at radius 1 is 1.26 bits per heavy atom. The molecular weight excluding hydrogens is 332 g/mol. The number of rotatable bonds is 6. The van der Waals surface area contributed by atoms with Gasteiger partial charge in [0, 0.05) is 5.75 Å². The van der Waals surface area contributed by atoms with Crippen LogP contribution in [0.15, 0.2) is 46.3 Å². The van der Waals surface area contributed by atoms with Gasteiger partial charge in [0.1, 0.15) is 0 Å². The zero-order chi connectivity index (χ0) is 16.1. The molecule has 0 aliphatic carbocycles. The number of esters is 1. The van der Waals surface area contributed by atoms with Crippen LogP contribution in [0.2, 0.25) is 0 Å². The molecule has 0 aliphatic rings. The number of carbonyl (C=O) groups excluding carboxylic acids is 1. The second-order valence-corrected chi connectivity index (χ2v) is 6.61. The number of methoxy groups -OCH3 is 1. The molecule has 3 aromatic rings. The van der Waals surface area contributed by atoms with E-state index in [0.717, 1.165) is 16.2 Å². The highest BCUT2D eigenvalue weighted by Crippen LogP contribution is 2.24. The molecule has 2 aromatic heterocycles. The Bertz CT molecular complexity index is 767. The molecule has 0 spiro atoms. The zero-order valence-electron chi connectivity index (χ0n) is 12.4. The van der Waals surface area contributed by atoms with Gasteiger partial charge in [-0.3, -0.25) is 0 Å². The van der Waals surface area contributed by atoms with Crippen molar-refractivity contribution in [1.82, 2.24) is 10.1 Å². The SMILES string of the molecule is COC(=O)c1ccc(CSCc2noc(-c3cccs3)n2)cc1. The molecule has 0 fully saturated rings. The Morgan fingerprint density at radius 3 is 2.78 bits per heavy atom. The van der Waals surface area contributed by atoms with Crippen LogP contribution in [0.1, 0.15) is 21.7 Å². The van der Waals surface area contributed by atoms with Crippen molar-refractivity contribution in [2.24, 2.45) is 0 Å². The summed E-state index contributed by atoms with van der Waals surface area (Å²) in [5.41, 5.74) is 1.68. The minimum Gasteiger partial charge on any atom is -0.465 e. The van der Waals surface area contributed by atoms with E-state index in [4.69, 9.17) is 4.52 Å². The monoisotopic (exact) mass is 346 g/mol. The van der Waals surface area contributed by atoms with Crippen molar-refractivity contribution in [3.8, 4) is 10.8 Å². The normalized spacial score (nSPS) is 10.7. The Labute approximate surface area is 141 Å². The standard InChI is InChI=1S/C16H14N2O3S2/c1-20-16(19)12-6-4-11(5-7-12)9-22-10-14-17-15(21-18-14)13-3-2-8-23-13/h2-8H,9-10H2,1H3. The number of thioether (sulfide) groups is 1. The van der Waals surface area contributed by atoms with E-state index in [2.05, 4.69) is 14.9 Å². The first-order valence-electron chi connectivity index (χ1n) is 6.88. The van der Waals surface area contributed by atoms with Gasteiger partial charge in [-0.15, -0.1) is 23.1 Å². The van der Waals surface area contributed by atoms with Crippen LogP contribution in [-0.2, 0) is 16.2 Å². The third-order valence-electron chi connectivity index (χ3n) is 3.07. The largest absolute Gasteiger partial charge is 0.465 e. The predicted octanol–water partition coefficient (Wildman–Crippen LogP) is 4.02. The van der Waals surface area contributed by atoms with E-state index >= 15 is 0 Å². The van der Waals surface area contributed by atoms with Gasteiger partial charge in [-0.05, 0) is 29.1 Å². The van der Waals surface area contributed by atoms with Crippen molar-refractivity contribution < 1.29 is 14.1 Å². The van der Waals surface area contributed by atoms with Crippen LogP contribution in [-0.4, -0.2) is 23.2 Å². The predicted molar refractivity (Wildman–Crippen MR) is 90.4 cm³/mol. The smallest absolute Gasteiger partial charge is 0.337 e. The number of thiophene rings is 1. The van der Waals surface area contributed by atoms with Crippen LogP contribution in [0, 0.1) is 0 Å². The number of ether oxygens (including phenoxy) is 1. The summed E-state index contributed by atoms with van der Waals surface area (Å²) in [6.45, 7) is 0. The number of carbonyl (C=O) groups is 1. The van der Waals surface area contributed by atoms with Crippen molar-refractivity contribution >= 4 is 29.1 Å². The molecule has 0 radical (unpaired) electrons. The molecule has 5 nitrogen and oxygen atoms in total. The average Bonchev–Trinajstić information content (AvgIpc) is 3.26. The number of hydrogen-bond acceptors (Lipinski definition) is 7.